The Morgan fingerprint density at radius 1 is 1.11 bits per heavy atom. The van der Waals surface area contributed by atoms with Crippen molar-refractivity contribution in [2.75, 3.05) is 14.1 Å². The van der Waals surface area contributed by atoms with Crippen LogP contribution in [0.3, 0.4) is 0 Å². The molecule has 0 aliphatic heterocycles. The molecule has 0 N–H and O–H groups in total. The molecular weight excluding hydrogens is 112 g/mol. The van der Waals surface area contributed by atoms with Gasteiger partial charge in [-0.05, 0) is 13.8 Å². The average Bonchev–Trinajstić information content (AvgIpc) is 1.68. The van der Waals surface area contributed by atoms with E-state index in [1.54, 1.807) is 5.01 Å². The number of hydrogen-bond acceptors (Lipinski definition) is 2. The van der Waals surface area contributed by atoms with Crippen LogP contribution in [0.4, 0.5) is 0 Å². The molecule has 0 aromatic heterocycles. The van der Waals surface area contributed by atoms with E-state index in [1.807, 2.05) is 41.8 Å². The number of hydrogen-bond donors (Lipinski definition) is 0. The van der Waals surface area contributed by atoms with E-state index in [0.29, 0.717) is 0 Å². The maximum absolute atomic E-state index is 4.03. The first-order chi connectivity index (χ1) is 4.13. The van der Waals surface area contributed by atoms with E-state index in [9.17, 15) is 0 Å². The fourth-order valence-corrected chi connectivity index (χ4v) is 0.400. The molecule has 0 saturated heterocycles. The van der Waals surface area contributed by atoms with Gasteiger partial charge in [0.25, 0.3) is 0 Å². The lowest BCUT2D eigenvalue weighted by molar-refractivity contribution is 0.437. The van der Waals surface area contributed by atoms with Crippen molar-refractivity contribution in [1.29, 1.82) is 0 Å². The zero-order chi connectivity index (χ0) is 7.86. The molecule has 0 spiro atoms. The maximum Gasteiger partial charge on any atom is 0.0318 e. The quantitative estimate of drug-likeness (QED) is 0.391. The average molecular weight is 130 g/mol. The lowest BCUT2D eigenvalue weighted by Gasteiger charge is -2.02. The molecule has 0 aliphatic carbocycles. The van der Waals surface area contributed by atoms with Crippen LogP contribution >= 0.6 is 0 Å². The summed E-state index contributed by atoms with van der Waals surface area (Å²) in [5.41, 5.74) is 1.09. The summed E-state index contributed by atoms with van der Waals surface area (Å²) < 4.78 is 0. The fraction of sp³-hybridized carbons (Fsp3) is 0.857. The van der Waals surface area contributed by atoms with Crippen molar-refractivity contribution in [3.8, 4) is 0 Å². The van der Waals surface area contributed by atoms with Gasteiger partial charge in [0.15, 0.2) is 0 Å². The zero-order valence-electron chi connectivity index (χ0n) is 7.39. The van der Waals surface area contributed by atoms with Crippen LogP contribution in [0.1, 0.15) is 27.7 Å². The van der Waals surface area contributed by atoms with Crippen molar-refractivity contribution in [2.24, 2.45) is 5.10 Å². The standard InChI is InChI=1S/C5H12N2.C2H6/c1-5(2)6-7(3)4;1-2/h1-4H3;1-2H3. The van der Waals surface area contributed by atoms with Gasteiger partial charge in [-0.25, -0.2) is 0 Å². The zero-order valence-corrected chi connectivity index (χ0v) is 7.39. The molecule has 2 heteroatoms. The van der Waals surface area contributed by atoms with E-state index < -0.39 is 0 Å². The topological polar surface area (TPSA) is 15.6 Å². The first-order valence-electron chi connectivity index (χ1n) is 3.32. The Hall–Kier alpha value is -0.530. The van der Waals surface area contributed by atoms with Gasteiger partial charge in [0.1, 0.15) is 0 Å². The highest BCUT2D eigenvalue weighted by Crippen LogP contribution is 1.76. The molecule has 0 fully saturated rings. The van der Waals surface area contributed by atoms with Gasteiger partial charge in [0.2, 0.25) is 0 Å². The number of hydrazone groups is 1. The minimum absolute atomic E-state index is 1.09. The van der Waals surface area contributed by atoms with Crippen LogP contribution in [0.25, 0.3) is 0 Å². The molecule has 0 atom stereocenters. The van der Waals surface area contributed by atoms with Crippen LogP contribution in [0.15, 0.2) is 5.10 Å². The normalized spacial score (nSPS) is 6.89. The molecule has 0 radical (unpaired) electrons. The molecule has 0 saturated carbocycles. The van der Waals surface area contributed by atoms with Crippen molar-refractivity contribution in [2.45, 2.75) is 27.7 Å². The van der Waals surface area contributed by atoms with Crippen LogP contribution in [0, 0.1) is 0 Å². The lowest BCUT2D eigenvalue weighted by atomic mass is 10.5. The number of nitrogens with zero attached hydrogens (tertiary/aromatic N) is 2. The van der Waals surface area contributed by atoms with Crippen LogP contribution in [-0.4, -0.2) is 24.8 Å². The molecule has 0 aliphatic rings. The summed E-state index contributed by atoms with van der Waals surface area (Å²) in [5, 5.41) is 5.81. The van der Waals surface area contributed by atoms with E-state index >= 15 is 0 Å². The van der Waals surface area contributed by atoms with Crippen molar-refractivity contribution < 1.29 is 0 Å². The second kappa shape index (κ2) is 7.47. The Kier molecular flexibility index (Phi) is 9.37. The third kappa shape index (κ3) is 18.6. The summed E-state index contributed by atoms with van der Waals surface area (Å²) in [6, 6.07) is 0. The van der Waals surface area contributed by atoms with Gasteiger partial charge in [-0.1, -0.05) is 13.8 Å². The second-order valence-corrected chi connectivity index (χ2v) is 1.89. The SMILES string of the molecule is CC.CC(C)=NN(C)C. The lowest BCUT2D eigenvalue weighted by Crippen LogP contribution is -2.03. The highest BCUT2D eigenvalue weighted by atomic mass is 15.4. The van der Waals surface area contributed by atoms with Crippen molar-refractivity contribution >= 4 is 5.71 Å². The van der Waals surface area contributed by atoms with E-state index in [1.165, 1.54) is 0 Å². The summed E-state index contributed by atoms with van der Waals surface area (Å²) >= 11 is 0. The van der Waals surface area contributed by atoms with Crippen molar-refractivity contribution in [3.63, 3.8) is 0 Å². The molecule has 0 unspecified atom stereocenters. The monoisotopic (exact) mass is 130 g/mol. The van der Waals surface area contributed by atoms with Crippen LogP contribution < -0.4 is 0 Å². The van der Waals surface area contributed by atoms with Gasteiger partial charge >= 0.3 is 0 Å². The largest absolute Gasteiger partial charge is 0.303 e. The van der Waals surface area contributed by atoms with Gasteiger partial charge < -0.3 is 5.01 Å². The number of rotatable bonds is 1. The smallest absolute Gasteiger partial charge is 0.0318 e. The van der Waals surface area contributed by atoms with E-state index in [4.69, 9.17) is 0 Å². The Balaban J connectivity index is 0. The third-order valence-electron chi connectivity index (χ3n) is 0.400. The predicted octanol–water partition coefficient (Wildman–Crippen LogP) is 1.97. The highest BCUT2D eigenvalue weighted by molar-refractivity contribution is 5.78. The Labute approximate surface area is 58.6 Å². The summed E-state index contributed by atoms with van der Waals surface area (Å²) in [7, 11) is 3.82. The summed E-state index contributed by atoms with van der Waals surface area (Å²) in [4.78, 5) is 0. The Morgan fingerprint density at radius 2 is 1.44 bits per heavy atom. The second-order valence-electron chi connectivity index (χ2n) is 1.89. The van der Waals surface area contributed by atoms with E-state index in [2.05, 4.69) is 5.10 Å². The van der Waals surface area contributed by atoms with E-state index in [-0.39, 0.29) is 0 Å². The van der Waals surface area contributed by atoms with Crippen LogP contribution in [0.5, 0.6) is 0 Å². The Morgan fingerprint density at radius 3 is 1.44 bits per heavy atom. The molecule has 0 rings (SSSR count). The van der Waals surface area contributed by atoms with Gasteiger partial charge in [0, 0.05) is 19.8 Å². The molecule has 0 aromatic carbocycles. The molecule has 0 heterocycles. The molecule has 9 heavy (non-hydrogen) atoms. The molecule has 56 valence electrons. The molecule has 0 bridgehead atoms. The maximum atomic E-state index is 4.03. The summed E-state index contributed by atoms with van der Waals surface area (Å²) in [6.45, 7) is 7.94. The van der Waals surface area contributed by atoms with Crippen molar-refractivity contribution in [1.82, 2.24) is 5.01 Å². The van der Waals surface area contributed by atoms with Crippen molar-refractivity contribution in [3.05, 3.63) is 0 Å². The van der Waals surface area contributed by atoms with Gasteiger partial charge in [-0.2, -0.15) is 5.10 Å². The van der Waals surface area contributed by atoms with Gasteiger partial charge in [-0.3, -0.25) is 0 Å². The summed E-state index contributed by atoms with van der Waals surface area (Å²) in [6.07, 6.45) is 0. The highest BCUT2D eigenvalue weighted by Gasteiger charge is 1.76. The molecule has 2 nitrogen and oxygen atoms in total. The minimum atomic E-state index is 1.09. The van der Waals surface area contributed by atoms with Crippen LogP contribution in [0.2, 0.25) is 0 Å². The first kappa shape index (κ1) is 11.3. The van der Waals surface area contributed by atoms with Gasteiger partial charge in [-0.15, -0.1) is 0 Å². The molecule has 0 amide bonds. The van der Waals surface area contributed by atoms with Crippen LogP contribution in [-0.2, 0) is 0 Å². The minimum Gasteiger partial charge on any atom is -0.303 e. The predicted molar refractivity (Wildman–Crippen MR) is 43.8 cm³/mol. The first-order valence-corrected chi connectivity index (χ1v) is 3.32. The molecular formula is C7H18N2. The summed E-state index contributed by atoms with van der Waals surface area (Å²) in [5.74, 6) is 0. The Bertz CT molecular complexity index is 71.0. The van der Waals surface area contributed by atoms with E-state index in [0.717, 1.165) is 5.71 Å². The fourth-order valence-electron chi connectivity index (χ4n) is 0.400. The third-order valence-corrected chi connectivity index (χ3v) is 0.400. The molecule has 0 aromatic rings. The van der Waals surface area contributed by atoms with Gasteiger partial charge in [0.05, 0.1) is 0 Å².